The summed E-state index contributed by atoms with van der Waals surface area (Å²) >= 11 is 0. The number of hydrogen-bond acceptors (Lipinski definition) is 4. The van der Waals surface area contributed by atoms with Crippen molar-refractivity contribution in [1.82, 2.24) is 4.98 Å². The van der Waals surface area contributed by atoms with Crippen LogP contribution in [-0.4, -0.2) is 18.1 Å². The summed E-state index contributed by atoms with van der Waals surface area (Å²) in [6, 6.07) is 28.0. The third-order valence-corrected chi connectivity index (χ3v) is 6.08. The molecule has 4 aromatic rings. The quantitative estimate of drug-likeness (QED) is 0.312. The topological polar surface area (TPSA) is 52.3 Å². The van der Waals surface area contributed by atoms with Crippen LogP contribution in [0, 0.1) is 0 Å². The summed E-state index contributed by atoms with van der Waals surface area (Å²) in [4.78, 5) is 16.9. The Morgan fingerprint density at radius 2 is 1.67 bits per heavy atom. The van der Waals surface area contributed by atoms with Crippen molar-refractivity contribution in [3.8, 4) is 22.6 Å². The van der Waals surface area contributed by atoms with Gasteiger partial charge in [0.15, 0.2) is 5.76 Å². The third kappa shape index (κ3) is 4.37. The minimum Gasteiger partial charge on any atom is -0.465 e. The SMILES string of the molecule is COC(=O)c1cccc(C2C=C(c3nc(-c4ccccc4)c(-c4ccccc4)o3)CCC2)c1. The summed E-state index contributed by atoms with van der Waals surface area (Å²) in [5.74, 6) is 1.34. The van der Waals surface area contributed by atoms with Gasteiger partial charge < -0.3 is 9.15 Å². The molecule has 0 radical (unpaired) electrons. The first-order valence-corrected chi connectivity index (χ1v) is 11.2. The predicted molar refractivity (Wildman–Crippen MR) is 130 cm³/mol. The minimum atomic E-state index is -0.315. The number of carbonyl (C=O) groups excluding carboxylic acids is 1. The molecular formula is C29H25NO3. The van der Waals surface area contributed by atoms with Crippen LogP contribution in [0.15, 0.2) is 95.4 Å². The zero-order chi connectivity index (χ0) is 22.6. The van der Waals surface area contributed by atoms with Gasteiger partial charge in [0.1, 0.15) is 5.69 Å². The standard InChI is InChI=1S/C29H25NO3/c1-32-29(31)25-17-9-15-23(19-25)22-14-8-16-24(18-22)28-30-26(20-10-4-2-5-11-20)27(33-28)21-12-6-3-7-13-21/h2-7,9-13,15,17-19,22H,8,14,16H2,1H3. The molecule has 5 rings (SSSR count). The molecule has 164 valence electrons. The maximum absolute atomic E-state index is 12.0. The largest absolute Gasteiger partial charge is 0.465 e. The summed E-state index contributed by atoms with van der Waals surface area (Å²) < 4.78 is 11.3. The highest BCUT2D eigenvalue weighted by Crippen LogP contribution is 2.39. The van der Waals surface area contributed by atoms with Gasteiger partial charge in [-0.3, -0.25) is 0 Å². The molecule has 0 saturated carbocycles. The van der Waals surface area contributed by atoms with E-state index in [-0.39, 0.29) is 11.9 Å². The van der Waals surface area contributed by atoms with Gasteiger partial charge in [-0.25, -0.2) is 9.78 Å². The van der Waals surface area contributed by atoms with Crippen LogP contribution in [0.5, 0.6) is 0 Å². The molecule has 0 spiro atoms. The van der Waals surface area contributed by atoms with Gasteiger partial charge >= 0.3 is 5.97 Å². The van der Waals surface area contributed by atoms with Gasteiger partial charge in [-0.2, -0.15) is 0 Å². The van der Waals surface area contributed by atoms with Gasteiger partial charge in [0.25, 0.3) is 0 Å². The van der Waals surface area contributed by atoms with Crippen LogP contribution in [0.1, 0.15) is 47.0 Å². The zero-order valence-electron chi connectivity index (χ0n) is 18.5. The van der Waals surface area contributed by atoms with E-state index in [9.17, 15) is 4.79 Å². The molecule has 33 heavy (non-hydrogen) atoms. The molecule has 1 aliphatic rings. The highest BCUT2D eigenvalue weighted by atomic mass is 16.5. The molecule has 1 heterocycles. The van der Waals surface area contributed by atoms with E-state index in [2.05, 4.69) is 24.3 Å². The van der Waals surface area contributed by atoms with Crippen molar-refractivity contribution in [2.75, 3.05) is 7.11 Å². The average molecular weight is 436 g/mol. The smallest absolute Gasteiger partial charge is 0.337 e. The molecule has 0 amide bonds. The lowest BCUT2D eigenvalue weighted by atomic mass is 9.85. The Labute approximate surface area is 193 Å². The van der Waals surface area contributed by atoms with Crippen molar-refractivity contribution >= 4 is 11.5 Å². The predicted octanol–water partition coefficient (Wildman–Crippen LogP) is 7.15. The van der Waals surface area contributed by atoms with Crippen LogP contribution in [0.2, 0.25) is 0 Å². The number of rotatable bonds is 5. The molecule has 4 nitrogen and oxygen atoms in total. The van der Waals surface area contributed by atoms with Crippen LogP contribution >= 0.6 is 0 Å². The van der Waals surface area contributed by atoms with E-state index in [1.54, 1.807) is 6.07 Å². The third-order valence-electron chi connectivity index (χ3n) is 6.08. The molecule has 1 unspecified atom stereocenters. The molecule has 3 aromatic carbocycles. The Morgan fingerprint density at radius 1 is 0.939 bits per heavy atom. The minimum absolute atomic E-state index is 0.200. The van der Waals surface area contributed by atoms with E-state index >= 15 is 0 Å². The van der Waals surface area contributed by atoms with E-state index in [0.29, 0.717) is 11.5 Å². The van der Waals surface area contributed by atoms with Gasteiger partial charge in [0.2, 0.25) is 5.89 Å². The number of esters is 1. The Kier molecular flexibility index (Phi) is 5.90. The second kappa shape index (κ2) is 9.29. The van der Waals surface area contributed by atoms with E-state index in [0.717, 1.165) is 53.0 Å². The van der Waals surface area contributed by atoms with Crippen LogP contribution in [0.4, 0.5) is 0 Å². The molecule has 4 heteroatoms. The summed E-state index contributed by atoms with van der Waals surface area (Å²) in [6.45, 7) is 0. The summed E-state index contributed by atoms with van der Waals surface area (Å²) in [5, 5.41) is 0. The average Bonchev–Trinajstić information content (AvgIpc) is 3.35. The van der Waals surface area contributed by atoms with Crippen LogP contribution in [-0.2, 0) is 4.74 Å². The fraction of sp³-hybridized carbons (Fsp3) is 0.172. The van der Waals surface area contributed by atoms with E-state index in [4.69, 9.17) is 14.1 Å². The lowest BCUT2D eigenvalue weighted by Crippen LogP contribution is -2.06. The molecule has 1 atom stereocenters. The molecule has 0 saturated heterocycles. The highest BCUT2D eigenvalue weighted by Gasteiger charge is 2.23. The van der Waals surface area contributed by atoms with Crippen LogP contribution < -0.4 is 0 Å². The number of allylic oxidation sites excluding steroid dienone is 2. The number of hydrogen-bond donors (Lipinski definition) is 0. The lowest BCUT2D eigenvalue weighted by Gasteiger charge is -2.20. The molecule has 0 aliphatic heterocycles. The van der Waals surface area contributed by atoms with E-state index < -0.39 is 0 Å². The molecule has 1 aromatic heterocycles. The summed E-state index contributed by atoms with van der Waals surface area (Å²) in [6.07, 6.45) is 5.21. The summed E-state index contributed by atoms with van der Waals surface area (Å²) in [5.41, 5.74) is 5.68. The number of oxazole rings is 1. The van der Waals surface area contributed by atoms with E-state index in [1.807, 2.05) is 60.7 Å². The Balaban J connectivity index is 1.55. The number of nitrogens with zero attached hydrogens (tertiary/aromatic N) is 1. The van der Waals surface area contributed by atoms with Crippen LogP contribution in [0.25, 0.3) is 28.2 Å². The van der Waals surface area contributed by atoms with Crippen molar-refractivity contribution in [2.24, 2.45) is 0 Å². The fourth-order valence-corrected chi connectivity index (χ4v) is 4.41. The van der Waals surface area contributed by atoms with Crippen molar-refractivity contribution in [2.45, 2.75) is 25.2 Å². The maximum Gasteiger partial charge on any atom is 0.337 e. The Morgan fingerprint density at radius 3 is 2.39 bits per heavy atom. The highest BCUT2D eigenvalue weighted by molar-refractivity contribution is 5.89. The first-order chi connectivity index (χ1) is 16.2. The summed E-state index contributed by atoms with van der Waals surface area (Å²) in [7, 11) is 1.41. The monoisotopic (exact) mass is 435 g/mol. The number of aromatic nitrogens is 1. The van der Waals surface area contributed by atoms with Gasteiger partial charge in [0, 0.05) is 22.6 Å². The van der Waals surface area contributed by atoms with Gasteiger partial charge in [0.05, 0.1) is 12.7 Å². The second-order valence-corrected chi connectivity index (χ2v) is 8.24. The maximum atomic E-state index is 12.0. The fourth-order valence-electron chi connectivity index (χ4n) is 4.41. The van der Waals surface area contributed by atoms with Crippen LogP contribution in [0.3, 0.4) is 0 Å². The van der Waals surface area contributed by atoms with Crippen molar-refractivity contribution in [3.63, 3.8) is 0 Å². The van der Waals surface area contributed by atoms with Gasteiger partial charge in [-0.15, -0.1) is 0 Å². The van der Waals surface area contributed by atoms with Crippen molar-refractivity contribution < 1.29 is 13.9 Å². The van der Waals surface area contributed by atoms with E-state index in [1.165, 1.54) is 7.11 Å². The first kappa shape index (κ1) is 21.0. The molecular weight excluding hydrogens is 410 g/mol. The lowest BCUT2D eigenvalue weighted by molar-refractivity contribution is 0.0600. The Bertz CT molecular complexity index is 1230. The van der Waals surface area contributed by atoms with Crippen molar-refractivity contribution in [3.05, 3.63) is 108 Å². The Hall–Kier alpha value is -3.92. The molecule has 1 aliphatic carbocycles. The normalized spacial score (nSPS) is 15.7. The second-order valence-electron chi connectivity index (χ2n) is 8.24. The molecule has 0 N–H and O–H groups in total. The number of methoxy groups -OCH3 is 1. The number of benzene rings is 3. The first-order valence-electron chi connectivity index (χ1n) is 11.2. The van der Waals surface area contributed by atoms with Crippen molar-refractivity contribution in [1.29, 1.82) is 0 Å². The number of ether oxygens (including phenoxy) is 1. The van der Waals surface area contributed by atoms with Gasteiger partial charge in [-0.05, 0) is 37.0 Å². The molecule has 0 fully saturated rings. The number of carbonyl (C=O) groups is 1. The van der Waals surface area contributed by atoms with Gasteiger partial charge in [-0.1, -0.05) is 78.9 Å². The molecule has 0 bridgehead atoms. The zero-order valence-corrected chi connectivity index (χ0v) is 18.5.